The van der Waals surface area contributed by atoms with E-state index in [1.54, 1.807) is 32.3 Å². The average molecular weight is 337 g/mol. The van der Waals surface area contributed by atoms with Crippen molar-refractivity contribution in [1.29, 1.82) is 0 Å². The second kappa shape index (κ2) is 6.88. The number of nitrogens with one attached hydrogen (secondary N) is 2. The van der Waals surface area contributed by atoms with E-state index in [4.69, 9.17) is 11.6 Å². The zero-order valence-corrected chi connectivity index (χ0v) is 13.0. The SMILES string of the molecule is CN(C)c1ncnc(NNC(=O)c2cccc(Cl)c2)c1[N+](=O)[O-]. The largest absolute Gasteiger partial charge is 0.357 e. The van der Waals surface area contributed by atoms with Crippen LogP contribution in [0.3, 0.4) is 0 Å². The van der Waals surface area contributed by atoms with Crippen molar-refractivity contribution < 1.29 is 9.72 Å². The second-order valence-corrected chi connectivity index (χ2v) is 5.07. The highest BCUT2D eigenvalue weighted by atomic mass is 35.5. The Hall–Kier alpha value is -2.94. The van der Waals surface area contributed by atoms with Crippen molar-refractivity contribution in [3.05, 3.63) is 51.3 Å². The van der Waals surface area contributed by atoms with Crippen LogP contribution in [0.5, 0.6) is 0 Å². The van der Waals surface area contributed by atoms with Crippen molar-refractivity contribution in [1.82, 2.24) is 15.4 Å². The quantitative estimate of drug-likeness (QED) is 0.632. The number of carbonyl (C=O) groups excluding carboxylic acids is 1. The summed E-state index contributed by atoms with van der Waals surface area (Å²) in [6.45, 7) is 0. The molecule has 0 unspecified atom stereocenters. The molecule has 9 nitrogen and oxygen atoms in total. The molecule has 0 fully saturated rings. The van der Waals surface area contributed by atoms with Gasteiger partial charge in [0.15, 0.2) is 0 Å². The number of carbonyl (C=O) groups is 1. The summed E-state index contributed by atoms with van der Waals surface area (Å²) < 4.78 is 0. The lowest BCUT2D eigenvalue weighted by Crippen LogP contribution is -2.30. The van der Waals surface area contributed by atoms with Crippen LogP contribution in [0.4, 0.5) is 17.3 Å². The Bertz CT molecular complexity index is 752. The number of rotatable bonds is 5. The fraction of sp³-hybridized carbons (Fsp3) is 0.154. The van der Waals surface area contributed by atoms with Gasteiger partial charge >= 0.3 is 5.69 Å². The van der Waals surface area contributed by atoms with Crippen LogP contribution in [0.15, 0.2) is 30.6 Å². The second-order valence-electron chi connectivity index (χ2n) is 4.64. The number of anilines is 2. The maximum atomic E-state index is 12.0. The van der Waals surface area contributed by atoms with Gasteiger partial charge in [-0.1, -0.05) is 17.7 Å². The summed E-state index contributed by atoms with van der Waals surface area (Å²) in [7, 11) is 3.23. The molecule has 2 N–H and O–H groups in total. The number of amides is 1. The van der Waals surface area contributed by atoms with E-state index in [-0.39, 0.29) is 17.3 Å². The van der Waals surface area contributed by atoms with Crippen molar-refractivity contribution in [2.75, 3.05) is 24.4 Å². The van der Waals surface area contributed by atoms with Gasteiger partial charge in [-0.2, -0.15) is 0 Å². The van der Waals surface area contributed by atoms with Crippen LogP contribution in [0.2, 0.25) is 5.02 Å². The van der Waals surface area contributed by atoms with Gasteiger partial charge in [0.1, 0.15) is 6.33 Å². The molecule has 2 rings (SSSR count). The van der Waals surface area contributed by atoms with Crippen LogP contribution in [0, 0.1) is 10.1 Å². The number of nitro groups is 1. The van der Waals surface area contributed by atoms with Gasteiger partial charge in [-0.25, -0.2) is 9.97 Å². The topological polar surface area (TPSA) is 113 Å². The predicted molar refractivity (Wildman–Crippen MR) is 85.6 cm³/mol. The molecule has 0 saturated heterocycles. The summed E-state index contributed by atoms with van der Waals surface area (Å²) in [6, 6.07) is 6.28. The first-order valence-electron chi connectivity index (χ1n) is 6.38. The van der Waals surface area contributed by atoms with E-state index in [9.17, 15) is 14.9 Å². The van der Waals surface area contributed by atoms with Crippen LogP contribution in [0.25, 0.3) is 0 Å². The number of aromatic nitrogens is 2. The highest BCUT2D eigenvalue weighted by Gasteiger charge is 2.24. The fourth-order valence-corrected chi connectivity index (χ4v) is 1.96. The van der Waals surface area contributed by atoms with E-state index in [1.807, 2.05) is 0 Å². The van der Waals surface area contributed by atoms with Gasteiger partial charge in [-0.05, 0) is 18.2 Å². The summed E-state index contributed by atoms with van der Waals surface area (Å²) in [6.07, 6.45) is 1.16. The number of halogens is 1. The summed E-state index contributed by atoms with van der Waals surface area (Å²) in [5.74, 6) is -0.514. The van der Waals surface area contributed by atoms with Crippen molar-refractivity contribution in [2.45, 2.75) is 0 Å². The van der Waals surface area contributed by atoms with Gasteiger partial charge in [0.05, 0.1) is 4.92 Å². The van der Waals surface area contributed by atoms with Crippen molar-refractivity contribution >= 4 is 34.8 Å². The molecule has 0 atom stereocenters. The maximum Gasteiger partial charge on any atom is 0.355 e. The van der Waals surface area contributed by atoms with Gasteiger partial charge in [0.2, 0.25) is 11.6 Å². The molecular formula is C13H13ClN6O3. The Balaban J connectivity index is 2.22. The van der Waals surface area contributed by atoms with Crippen molar-refractivity contribution in [3.8, 4) is 0 Å². The van der Waals surface area contributed by atoms with Crippen LogP contribution >= 0.6 is 11.6 Å². The van der Waals surface area contributed by atoms with Gasteiger partial charge in [-0.3, -0.25) is 25.8 Å². The number of hydrogen-bond acceptors (Lipinski definition) is 7. The molecule has 120 valence electrons. The third kappa shape index (κ3) is 3.83. The molecule has 0 bridgehead atoms. The highest BCUT2D eigenvalue weighted by molar-refractivity contribution is 6.30. The van der Waals surface area contributed by atoms with E-state index in [1.165, 1.54) is 11.0 Å². The molecule has 0 spiro atoms. The molecule has 0 aliphatic heterocycles. The Kier molecular flexibility index (Phi) is 4.91. The Labute approximate surface area is 136 Å². The van der Waals surface area contributed by atoms with E-state index in [0.29, 0.717) is 10.6 Å². The molecule has 0 saturated carbocycles. The minimum atomic E-state index is -0.622. The Morgan fingerprint density at radius 3 is 2.70 bits per heavy atom. The van der Waals surface area contributed by atoms with Crippen molar-refractivity contribution in [3.63, 3.8) is 0 Å². The van der Waals surface area contributed by atoms with E-state index in [2.05, 4.69) is 20.8 Å². The lowest BCUT2D eigenvalue weighted by atomic mass is 10.2. The molecule has 23 heavy (non-hydrogen) atoms. The zero-order valence-electron chi connectivity index (χ0n) is 12.3. The van der Waals surface area contributed by atoms with Crippen LogP contribution in [-0.2, 0) is 0 Å². The smallest absolute Gasteiger partial charge is 0.355 e. The lowest BCUT2D eigenvalue weighted by molar-refractivity contribution is -0.383. The molecular weight excluding hydrogens is 324 g/mol. The first-order valence-corrected chi connectivity index (χ1v) is 6.76. The molecule has 2 aromatic rings. The fourth-order valence-electron chi connectivity index (χ4n) is 1.77. The summed E-state index contributed by atoms with van der Waals surface area (Å²) in [5.41, 5.74) is 4.75. The highest BCUT2D eigenvalue weighted by Crippen LogP contribution is 2.29. The van der Waals surface area contributed by atoms with Crippen LogP contribution in [-0.4, -0.2) is 34.9 Å². The molecule has 0 aliphatic rings. The third-order valence-corrected chi connectivity index (χ3v) is 3.03. The molecule has 1 heterocycles. The zero-order chi connectivity index (χ0) is 17.0. The van der Waals surface area contributed by atoms with Gasteiger partial charge < -0.3 is 4.90 Å². The molecule has 10 heteroatoms. The molecule has 0 radical (unpaired) electrons. The minimum Gasteiger partial charge on any atom is -0.357 e. The lowest BCUT2D eigenvalue weighted by Gasteiger charge is -2.13. The van der Waals surface area contributed by atoms with E-state index >= 15 is 0 Å². The van der Waals surface area contributed by atoms with Gasteiger partial charge in [0, 0.05) is 24.7 Å². The number of hydrazine groups is 1. The standard InChI is InChI=1S/C13H13ClN6O3/c1-19(2)12-10(20(22)23)11(15-7-16-12)17-18-13(21)8-4-3-5-9(14)6-8/h3-7H,1-2H3,(H,18,21)(H,15,16,17). The first-order chi connectivity index (χ1) is 10.9. The van der Waals surface area contributed by atoms with E-state index < -0.39 is 10.8 Å². The Morgan fingerprint density at radius 2 is 2.09 bits per heavy atom. The van der Waals surface area contributed by atoms with Gasteiger partial charge in [-0.15, -0.1) is 0 Å². The summed E-state index contributed by atoms with van der Waals surface area (Å²) in [4.78, 5) is 31.8. The van der Waals surface area contributed by atoms with E-state index in [0.717, 1.165) is 6.33 Å². The maximum absolute atomic E-state index is 12.0. The van der Waals surface area contributed by atoms with Crippen molar-refractivity contribution in [2.24, 2.45) is 0 Å². The monoisotopic (exact) mass is 336 g/mol. The first kappa shape index (κ1) is 16.4. The van der Waals surface area contributed by atoms with Gasteiger partial charge in [0.25, 0.3) is 5.91 Å². The third-order valence-electron chi connectivity index (χ3n) is 2.79. The number of hydrogen-bond donors (Lipinski definition) is 2. The van der Waals surface area contributed by atoms with Crippen LogP contribution in [0.1, 0.15) is 10.4 Å². The average Bonchev–Trinajstić information content (AvgIpc) is 2.51. The minimum absolute atomic E-state index is 0.115. The number of nitrogens with zero attached hydrogens (tertiary/aromatic N) is 4. The van der Waals surface area contributed by atoms with Crippen LogP contribution < -0.4 is 15.8 Å². The molecule has 1 aromatic carbocycles. The molecule has 0 aliphatic carbocycles. The molecule has 1 aromatic heterocycles. The summed E-state index contributed by atoms with van der Waals surface area (Å²) in [5, 5.41) is 11.6. The molecule has 1 amide bonds. The number of benzene rings is 1. The predicted octanol–water partition coefficient (Wildman–Crippen LogP) is 1.86. The Morgan fingerprint density at radius 1 is 1.35 bits per heavy atom. The summed E-state index contributed by atoms with van der Waals surface area (Å²) >= 11 is 5.81. The normalized spacial score (nSPS) is 10.0.